The van der Waals surface area contributed by atoms with Crippen LogP contribution in [0.4, 0.5) is 0 Å². The SMILES string of the molecule is CC(=O)N1CCN(C(=O)[C@@H]2CCCN2)CC1. The van der Waals surface area contributed by atoms with Crippen molar-refractivity contribution in [2.24, 2.45) is 0 Å². The Labute approximate surface area is 95.8 Å². The lowest BCUT2D eigenvalue weighted by atomic mass is 10.2. The minimum absolute atomic E-state index is 0.0175. The maximum absolute atomic E-state index is 12.0. The first-order valence-corrected chi connectivity index (χ1v) is 5.96. The molecule has 16 heavy (non-hydrogen) atoms. The summed E-state index contributed by atoms with van der Waals surface area (Å²) in [7, 11) is 0. The molecule has 2 aliphatic rings. The van der Waals surface area contributed by atoms with Gasteiger partial charge in [0.25, 0.3) is 0 Å². The second-order valence-corrected chi connectivity index (χ2v) is 4.48. The van der Waals surface area contributed by atoms with Gasteiger partial charge in [-0.25, -0.2) is 0 Å². The van der Waals surface area contributed by atoms with Gasteiger partial charge in [-0.2, -0.15) is 0 Å². The summed E-state index contributed by atoms with van der Waals surface area (Å²) >= 11 is 0. The first-order chi connectivity index (χ1) is 7.68. The van der Waals surface area contributed by atoms with E-state index < -0.39 is 0 Å². The molecule has 0 aromatic carbocycles. The van der Waals surface area contributed by atoms with E-state index in [1.54, 1.807) is 11.8 Å². The zero-order chi connectivity index (χ0) is 11.5. The first kappa shape index (κ1) is 11.4. The smallest absolute Gasteiger partial charge is 0.239 e. The molecule has 2 saturated heterocycles. The minimum atomic E-state index is 0.0175. The van der Waals surface area contributed by atoms with Crippen molar-refractivity contribution >= 4 is 11.8 Å². The number of carbonyl (C=O) groups is 2. The predicted molar refractivity (Wildman–Crippen MR) is 59.9 cm³/mol. The predicted octanol–water partition coefficient (Wildman–Crippen LogP) is -0.571. The molecule has 2 rings (SSSR count). The summed E-state index contributed by atoms with van der Waals surface area (Å²) in [4.78, 5) is 26.9. The second-order valence-electron chi connectivity index (χ2n) is 4.48. The normalized spacial score (nSPS) is 25.9. The Bertz CT molecular complexity index is 279. The van der Waals surface area contributed by atoms with Gasteiger partial charge >= 0.3 is 0 Å². The molecular weight excluding hydrogens is 206 g/mol. The van der Waals surface area contributed by atoms with Crippen molar-refractivity contribution in [3.63, 3.8) is 0 Å². The molecule has 0 aliphatic carbocycles. The molecule has 2 fully saturated rings. The van der Waals surface area contributed by atoms with Crippen LogP contribution >= 0.6 is 0 Å². The summed E-state index contributed by atoms with van der Waals surface area (Å²) in [6.07, 6.45) is 2.04. The Morgan fingerprint density at radius 3 is 2.25 bits per heavy atom. The molecule has 2 amide bonds. The number of rotatable bonds is 1. The Hall–Kier alpha value is -1.10. The molecule has 1 N–H and O–H groups in total. The highest BCUT2D eigenvalue weighted by atomic mass is 16.2. The number of nitrogens with one attached hydrogen (secondary N) is 1. The molecule has 0 aromatic rings. The largest absolute Gasteiger partial charge is 0.339 e. The molecule has 5 nitrogen and oxygen atoms in total. The van der Waals surface area contributed by atoms with Gasteiger partial charge in [-0.1, -0.05) is 0 Å². The summed E-state index contributed by atoms with van der Waals surface area (Å²) in [5, 5.41) is 3.22. The van der Waals surface area contributed by atoms with Crippen molar-refractivity contribution in [3.05, 3.63) is 0 Å². The van der Waals surface area contributed by atoms with E-state index in [1.807, 2.05) is 4.90 Å². The van der Waals surface area contributed by atoms with Crippen LogP contribution in [0.3, 0.4) is 0 Å². The van der Waals surface area contributed by atoms with E-state index >= 15 is 0 Å². The molecule has 90 valence electrons. The quantitative estimate of drug-likeness (QED) is 0.650. The minimum Gasteiger partial charge on any atom is -0.339 e. The topological polar surface area (TPSA) is 52.7 Å². The van der Waals surface area contributed by atoms with Gasteiger partial charge in [-0.3, -0.25) is 9.59 Å². The Morgan fingerprint density at radius 2 is 1.75 bits per heavy atom. The second kappa shape index (κ2) is 4.82. The summed E-state index contributed by atoms with van der Waals surface area (Å²) < 4.78 is 0. The molecule has 0 radical (unpaired) electrons. The average Bonchev–Trinajstić information content (AvgIpc) is 2.81. The fraction of sp³-hybridized carbons (Fsp3) is 0.818. The third-order valence-electron chi connectivity index (χ3n) is 3.40. The molecule has 0 unspecified atom stereocenters. The van der Waals surface area contributed by atoms with Crippen molar-refractivity contribution in [1.29, 1.82) is 0 Å². The maximum Gasteiger partial charge on any atom is 0.239 e. The highest BCUT2D eigenvalue weighted by Gasteiger charge is 2.29. The third kappa shape index (κ3) is 2.35. The van der Waals surface area contributed by atoms with Crippen molar-refractivity contribution in [2.75, 3.05) is 32.7 Å². The van der Waals surface area contributed by atoms with Crippen LogP contribution in [0.5, 0.6) is 0 Å². The van der Waals surface area contributed by atoms with E-state index in [9.17, 15) is 9.59 Å². The van der Waals surface area contributed by atoms with Gasteiger partial charge < -0.3 is 15.1 Å². The molecule has 0 aromatic heterocycles. The van der Waals surface area contributed by atoms with Crippen molar-refractivity contribution < 1.29 is 9.59 Å². The van der Waals surface area contributed by atoms with E-state index in [-0.39, 0.29) is 17.9 Å². The van der Waals surface area contributed by atoms with Crippen LogP contribution in [0.25, 0.3) is 0 Å². The van der Waals surface area contributed by atoms with Crippen LogP contribution in [-0.4, -0.2) is 60.4 Å². The van der Waals surface area contributed by atoms with Gasteiger partial charge in [0.1, 0.15) is 0 Å². The van der Waals surface area contributed by atoms with Crippen LogP contribution in [-0.2, 0) is 9.59 Å². The summed E-state index contributed by atoms with van der Waals surface area (Å²) in [5.41, 5.74) is 0. The van der Waals surface area contributed by atoms with Crippen LogP contribution in [0.15, 0.2) is 0 Å². The van der Waals surface area contributed by atoms with Crippen LogP contribution < -0.4 is 5.32 Å². The molecule has 0 bridgehead atoms. The summed E-state index contributed by atoms with van der Waals surface area (Å²) in [6.45, 7) is 5.23. The first-order valence-electron chi connectivity index (χ1n) is 5.96. The van der Waals surface area contributed by atoms with Gasteiger partial charge in [-0.05, 0) is 19.4 Å². The standard InChI is InChI=1S/C11H19N3O2/c1-9(15)13-5-7-14(8-6-13)11(16)10-3-2-4-12-10/h10,12H,2-8H2,1H3/t10-/m0/s1. The van der Waals surface area contributed by atoms with E-state index in [2.05, 4.69) is 5.32 Å². The molecule has 0 spiro atoms. The van der Waals surface area contributed by atoms with E-state index in [4.69, 9.17) is 0 Å². The molecule has 5 heteroatoms. The number of hydrogen-bond donors (Lipinski definition) is 1. The van der Waals surface area contributed by atoms with Crippen LogP contribution in [0, 0.1) is 0 Å². The van der Waals surface area contributed by atoms with Gasteiger partial charge in [0.15, 0.2) is 0 Å². The Balaban J connectivity index is 1.84. The summed E-state index contributed by atoms with van der Waals surface area (Å²) in [5.74, 6) is 0.312. The molecule has 1 atom stereocenters. The highest BCUT2D eigenvalue weighted by Crippen LogP contribution is 2.10. The van der Waals surface area contributed by atoms with Crippen molar-refractivity contribution in [1.82, 2.24) is 15.1 Å². The zero-order valence-corrected chi connectivity index (χ0v) is 9.74. The highest BCUT2D eigenvalue weighted by molar-refractivity contribution is 5.82. The molecule has 2 heterocycles. The lowest BCUT2D eigenvalue weighted by molar-refractivity contribution is -0.139. The number of hydrogen-bond acceptors (Lipinski definition) is 3. The molecule has 2 aliphatic heterocycles. The van der Waals surface area contributed by atoms with E-state index in [1.165, 1.54) is 0 Å². The average molecular weight is 225 g/mol. The number of carbonyl (C=O) groups excluding carboxylic acids is 2. The number of nitrogens with zero attached hydrogens (tertiary/aromatic N) is 2. The van der Waals surface area contributed by atoms with E-state index in [0.29, 0.717) is 26.2 Å². The Kier molecular flexibility index (Phi) is 3.43. The monoisotopic (exact) mass is 225 g/mol. The van der Waals surface area contributed by atoms with Gasteiger partial charge in [0.2, 0.25) is 11.8 Å². The van der Waals surface area contributed by atoms with Crippen molar-refractivity contribution in [2.45, 2.75) is 25.8 Å². The lowest BCUT2D eigenvalue weighted by Crippen LogP contribution is -2.53. The molecular formula is C11H19N3O2. The number of piperazine rings is 1. The maximum atomic E-state index is 12.0. The van der Waals surface area contributed by atoms with E-state index in [0.717, 1.165) is 19.4 Å². The summed E-state index contributed by atoms with van der Waals surface area (Å²) in [6, 6.07) is 0.0175. The van der Waals surface area contributed by atoms with Crippen LogP contribution in [0.2, 0.25) is 0 Å². The number of amides is 2. The zero-order valence-electron chi connectivity index (χ0n) is 9.74. The fourth-order valence-corrected chi connectivity index (χ4v) is 2.36. The Morgan fingerprint density at radius 1 is 1.12 bits per heavy atom. The lowest BCUT2D eigenvalue weighted by Gasteiger charge is -2.35. The van der Waals surface area contributed by atoms with Gasteiger partial charge in [0.05, 0.1) is 6.04 Å². The van der Waals surface area contributed by atoms with Crippen molar-refractivity contribution in [3.8, 4) is 0 Å². The third-order valence-corrected chi connectivity index (χ3v) is 3.40. The van der Waals surface area contributed by atoms with Gasteiger partial charge in [-0.15, -0.1) is 0 Å². The van der Waals surface area contributed by atoms with Gasteiger partial charge in [0, 0.05) is 33.1 Å². The molecule has 0 saturated carbocycles. The van der Waals surface area contributed by atoms with Crippen LogP contribution in [0.1, 0.15) is 19.8 Å². The fourth-order valence-electron chi connectivity index (χ4n) is 2.36.